The summed E-state index contributed by atoms with van der Waals surface area (Å²) in [4.78, 5) is 32.2. The lowest BCUT2D eigenvalue weighted by atomic mass is 10.3. The van der Waals surface area contributed by atoms with E-state index >= 15 is 0 Å². The van der Waals surface area contributed by atoms with Crippen molar-refractivity contribution in [2.75, 3.05) is 5.32 Å². The highest BCUT2D eigenvalue weighted by molar-refractivity contribution is 7.12. The van der Waals surface area contributed by atoms with Gasteiger partial charge < -0.3 is 10.6 Å². The molecule has 104 valence electrons. The van der Waals surface area contributed by atoms with Gasteiger partial charge in [-0.2, -0.15) is 0 Å². The van der Waals surface area contributed by atoms with Crippen LogP contribution in [0.2, 0.25) is 0 Å². The van der Waals surface area contributed by atoms with E-state index in [1.165, 1.54) is 29.9 Å². The first-order chi connectivity index (χ1) is 9.58. The van der Waals surface area contributed by atoms with Crippen LogP contribution in [-0.2, 0) is 0 Å². The molecule has 0 bridgehead atoms. The molecule has 0 fully saturated rings. The van der Waals surface area contributed by atoms with E-state index in [0.717, 1.165) is 0 Å². The number of aromatic nitrogens is 2. The average Bonchev–Trinajstić information content (AvgIpc) is 2.87. The zero-order chi connectivity index (χ0) is 14.5. The van der Waals surface area contributed by atoms with E-state index in [9.17, 15) is 9.59 Å². The fraction of sp³-hybridized carbons (Fsp3) is 0.231. The van der Waals surface area contributed by atoms with Crippen LogP contribution in [0.3, 0.4) is 0 Å². The summed E-state index contributed by atoms with van der Waals surface area (Å²) in [5.74, 6) is -0.598. The minimum Gasteiger partial charge on any atom is -0.349 e. The average molecular weight is 290 g/mol. The molecule has 0 unspecified atom stereocenters. The second-order valence-corrected chi connectivity index (χ2v) is 5.25. The summed E-state index contributed by atoms with van der Waals surface area (Å²) in [6.45, 7) is 3.76. The second-order valence-electron chi connectivity index (χ2n) is 4.34. The molecule has 0 aliphatic carbocycles. The van der Waals surface area contributed by atoms with Crippen LogP contribution in [-0.4, -0.2) is 27.8 Å². The maximum atomic E-state index is 12.0. The highest BCUT2D eigenvalue weighted by atomic mass is 32.1. The summed E-state index contributed by atoms with van der Waals surface area (Å²) in [6.07, 6.45) is 4.30. The lowest BCUT2D eigenvalue weighted by Gasteiger charge is -2.09. The number of carbonyl (C=O) groups is 2. The SMILES string of the molecule is CC(C)NC(=O)c1sccc1NC(=O)c1cnccn1. The monoisotopic (exact) mass is 290 g/mol. The van der Waals surface area contributed by atoms with Crippen LogP contribution in [0.5, 0.6) is 0 Å². The Morgan fingerprint density at radius 3 is 2.70 bits per heavy atom. The Kier molecular flexibility index (Phi) is 4.41. The minimum absolute atomic E-state index is 0.0353. The van der Waals surface area contributed by atoms with Crippen LogP contribution in [0, 0.1) is 0 Å². The number of anilines is 1. The van der Waals surface area contributed by atoms with Gasteiger partial charge >= 0.3 is 0 Å². The normalized spacial score (nSPS) is 10.3. The van der Waals surface area contributed by atoms with Crippen molar-refractivity contribution in [1.82, 2.24) is 15.3 Å². The summed E-state index contributed by atoms with van der Waals surface area (Å²) in [5, 5.41) is 7.21. The molecule has 2 aromatic rings. The van der Waals surface area contributed by atoms with Gasteiger partial charge in [0.25, 0.3) is 11.8 Å². The Bertz CT molecular complexity index is 610. The highest BCUT2D eigenvalue weighted by Crippen LogP contribution is 2.22. The van der Waals surface area contributed by atoms with Gasteiger partial charge in [0.2, 0.25) is 0 Å². The van der Waals surface area contributed by atoms with Crippen LogP contribution >= 0.6 is 11.3 Å². The zero-order valence-electron chi connectivity index (χ0n) is 11.1. The molecule has 0 saturated carbocycles. The topological polar surface area (TPSA) is 84.0 Å². The van der Waals surface area contributed by atoms with Crippen molar-refractivity contribution in [3.05, 3.63) is 40.6 Å². The maximum Gasteiger partial charge on any atom is 0.275 e. The molecule has 2 N–H and O–H groups in total. The van der Waals surface area contributed by atoms with Crippen LogP contribution in [0.4, 0.5) is 5.69 Å². The fourth-order valence-electron chi connectivity index (χ4n) is 1.51. The zero-order valence-corrected chi connectivity index (χ0v) is 11.9. The first kappa shape index (κ1) is 14.1. The summed E-state index contributed by atoms with van der Waals surface area (Å²) in [7, 11) is 0. The summed E-state index contributed by atoms with van der Waals surface area (Å²) in [6, 6.07) is 1.72. The van der Waals surface area contributed by atoms with Gasteiger partial charge in [0.1, 0.15) is 10.6 Å². The van der Waals surface area contributed by atoms with Crippen molar-refractivity contribution in [2.24, 2.45) is 0 Å². The van der Waals surface area contributed by atoms with Gasteiger partial charge in [-0.05, 0) is 25.3 Å². The molecule has 6 nitrogen and oxygen atoms in total. The molecular formula is C13H14N4O2S. The van der Waals surface area contributed by atoms with Gasteiger partial charge in [-0.3, -0.25) is 14.6 Å². The smallest absolute Gasteiger partial charge is 0.275 e. The van der Waals surface area contributed by atoms with Gasteiger partial charge in [0.15, 0.2) is 0 Å². The van der Waals surface area contributed by atoms with E-state index < -0.39 is 5.91 Å². The lowest BCUT2D eigenvalue weighted by Crippen LogP contribution is -2.30. The number of carbonyl (C=O) groups excluding carboxylic acids is 2. The van der Waals surface area contributed by atoms with Gasteiger partial charge in [-0.25, -0.2) is 4.98 Å². The molecule has 0 spiro atoms. The molecule has 2 heterocycles. The molecular weight excluding hydrogens is 276 g/mol. The molecule has 0 aliphatic rings. The van der Waals surface area contributed by atoms with Crippen LogP contribution in [0.1, 0.15) is 34.0 Å². The van der Waals surface area contributed by atoms with E-state index in [1.807, 2.05) is 13.8 Å². The number of hydrogen-bond donors (Lipinski definition) is 2. The first-order valence-electron chi connectivity index (χ1n) is 6.03. The molecule has 2 rings (SSSR count). The third-order valence-electron chi connectivity index (χ3n) is 2.34. The molecule has 2 aromatic heterocycles. The molecule has 0 radical (unpaired) electrons. The largest absolute Gasteiger partial charge is 0.349 e. The Morgan fingerprint density at radius 1 is 1.25 bits per heavy atom. The molecule has 7 heteroatoms. The lowest BCUT2D eigenvalue weighted by molar-refractivity contribution is 0.0948. The number of nitrogens with zero attached hydrogens (tertiary/aromatic N) is 2. The maximum absolute atomic E-state index is 12.0. The van der Waals surface area contributed by atoms with Gasteiger partial charge in [-0.15, -0.1) is 11.3 Å². The first-order valence-corrected chi connectivity index (χ1v) is 6.91. The molecule has 0 saturated heterocycles. The number of hydrogen-bond acceptors (Lipinski definition) is 5. The predicted octanol–water partition coefficient (Wildman–Crippen LogP) is 1.93. The van der Waals surface area contributed by atoms with E-state index in [2.05, 4.69) is 20.6 Å². The van der Waals surface area contributed by atoms with Crippen LogP contribution in [0.25, 0.3) is 0 Å². The standard InChI is InChI=1S/C13H14N4O2S/c1-8(2)16-13(19)11-9(3-6-20-11)17-12(18)10-7-14-4-5-15-10/h3-8H,1-2H3,(H,16,19)(H,17,18). The molecule has 0 atom stereocenters. The van der Waals surface area contributed by atoms with Gasteiger partial charge in [0.05, 0.1) is 11.9 Å². The Morgan fingerprint density at radius 2 is 2.05 bits per heavy atom. The Labute approximate surface area is 120 Å². The molecule has 2 amide bonds. The van der Waals surface area contributed by atoms with Crippen molar-refractivity contribution >= 4 is 28.8 Å². The van der Waals surface area contributed by atoms with Crippen molar-refractivity contribution in [3.8, 4) is 0 Å². The quantitative estimate of drug-likeness (QED) is 0.901. The number of rotatable bonds is 4. The summed E-state index contributed by atoms with van der Waals surface area (Å²) >= 11 is 1.27. The van der Waals surface area contributed by atoms with E-state index in [4.69, 9.17) is 0 Å². The van der Waals surface area contributed by atoms with Gasteiger partial charge in [0, 0.05) is 18.4 Å². The molecule has 20 heavy (non-hydrogen) atoms. The number of nitrogens with one attached hydrogen (secondary N) is 2. The van der Waals surface area contributed by atoms with Crippen LogP contribution in [0.15, 0.2) is 30.0 Å². The highest BCUT2D eigenvalue weighted by Gasteiger charge is 2.17. The predicted molar refractivity (Wildman–Crippen MR) is 76.9 cm³/mol. The van der Waals surface area contributed by atoms with Crippen molar-refractivity contribution in [3.63, 3.8) is 0 Å². The van der Waals surface area contributed by atoms with Crippen molar-refractivity contribution in [1.29, 1.82) is 0 Å². The fourth-order valence-corrected chi connectivity index (χ4v) is 2.27. The third-order valence-corrected chi connectivity index (χ3v) is 3.25. The third kappa shape index (κ3) is 3.39. The van der Waals surface area contributed by atoms with Gasteiger partial charge in [-0.1, -0.05) is 0 Å². The number of amides is 2. The Balaban J connectivity index is 2.13. The summed E-state index contributed by atoms with van der Waals surface area (Å²) < 4.78 is 0. The number of thiophene rings is 1. The van der Waals surface area contributed by atoms with Crippen molar-refractivity contribution in [2.45, 2.75) is 19.9 Å². The Hall–Kier alpha value is -2.28. The van der Waals surface area contributed by atoms with E-state index in [-0.39, 0.29) is 17.6 Å². The minimum atomic E-state index is -0.393. The molecule has 0 aromatic carbocycles. The van der Waals surface area contributed by atoms with E-state index in [0.29, 0.717) is 10.6 Å². The second kappa shape index (κ2) is 6.25. The van der Waals surface area contributed by atoms with Crippen molar-refractivity contribution < 1.29 is 9.59 Å². The van der Waals surface area contributed by atoms with Crippen LogP contribution < -0.4 is 10.6 Å². The van der Waals surface area contributed by atoms with E-state index in [1.54, 1.807) is 11.4 Å². The summed E-state index contributed by atoms with van der Waals surface area (Å²) in [5.41, 5.74) is 0.678. The molecule has 0 aliphatic heterocycles.